The fraction of sp³-hybridized carbons (Fsp3) is 0.167. The molecule has 0 saturated heterocycles. The second-order valence-electron chi connectivity index (χ2n) is 3.55. The van der Waals surface area contributed by atoms with E-state index in [-0.39, 0.29) is 11.6 Å². The Morgan fingerprint density at radius 1 is 1.47 bits per heavy atom. The Labute approximate surface area is 98.4 Å². The number of hydrogen-bond donors (Lipinski definition) is 1. The standard InChI is InChI=1S/C12H11N3O2/c1-7-3-4-10(16-2)8(5-7)12-15-9(6-13)11(14)17-12/h3-5H,14H2,1-2H3. The number of methoxy groups -OCH3 is 1. The van der Waals surface area contributed by atoms with E-state index in [9.17, 15) is 0 Å². The van der Waals surface area contributed by atoms with Crippen molar-refractivity contribution in [2.24, 2.45) is 0 Å². The largest absolute Gasteiger partial charge is 0.496 e. The van der Waals surface area contributed by atoms with Gasteiger partial charge in [0.2, 0.25) is 17.5 Å². The number of anilines is 1. The Morgan fingerprint density at radius 2 is 2.24 bits per heavy atom. The van der Waals surface area contributed by atoms with Crippen LogP contribution in [0.3, 0.4) is 0 Å². The number of aryl methyl sites for hydroxylation is 1. The fourth-order valence-corrected chi connectivity index (χ4v) is 1.52. The number of aromatic nitrogens is 1. The first-order valence-electron chi connectivity index (χ1n) is 4.97. The second-order valence-corrected chi connectivity index (χ2v) is 3.55. The molecule has 0 fully saturated rings. The third-order valence-electron chi connectivity index (χ3n) is 2.34. The minimum absolute atomic E-state index is 0.0195. The molecule has 0 aliphatic rings. The van der Waals surface area contributed by atoms with Crippen LogP contribution in [0.5, 0.6) is 5.75 Å². The van der Waals surface area contributed by atoms with Gasteiger partial charge in [0.05, 0.1) is 12.7 Å². The predicted octanol–water partition coefficient (Wildman–Crippen LogP) is 2.11. The van der Waals surface area contributed by atoms with Crippen molar-refractivity contribution in [1.29, 1.82) is 5.26 Å². The molecule has 2 rings (SSSR count). The third-order valence-corrected chi connectivity index (χ3v) is 2.34. The van der Waals surface area contributed by atoms with Crippen molar-refractivity contribution in [3.63, 3.8) is 0 Å². The van der Waals surface area contributed by atoms with Crippen molar-refractivity contribution in [1.82, 2.24) is 4.98 Å². The molecule has 0 unspecified atom stereocenters. The molecule has 0 radical (unpaired) electrons. The van der Waals surface area contributed by atoms with Crippen molar-refractivity contribution in [2.45, 2.75) is 6.92 Å². The van der Waals surface area contributed by atoms with Crippen LogP contribution in [0, 0.1) is 18.3 Å². The minimum Gasteiger partial charge on any atom is -0.496 e. The molecule has 17 heavy (non-hydrogen) atoms. The first-order valence-corrected chi connectivity index (χ1v) is 4.97. The van der Waals surface area contributed by atoms with Crippen LogP contribution in [0.25, 0.3) is 11.5 Å². The summed E-state index contributed by atoms with van der Waals surface area (Å²) >= 11 is 0. The van der Waals surface area contributed by atoms with Crippen LogP contribution in [0.4, 0.5) is 5.88 Å². The highest BCUT2D eigenvalue weighted by atomic mass is 16.5. The predicted molar refractivity (Wildman–Crippen MR) is 62.4 cm³/mol. The summed E-state index contributed by atoms with van der Waals surface area (Å²) in [5.41, 5.74) is 7.33. The molecule has 86 valence electrons. The number of nitrogens with two attached hydrogens (primary N) is 1. The Hall–Kier alpha value is -2.48. The number of rotatable bonds is 2. The van der Waals surface area contributed by atoms with E-state index in [0.29, 0.717) is 17.2 Å². The maximum atomic E-state index is 8.78. The van der Waals surface area contributed by atoms with Gasteiger partial charge in [0, 0.05) is 0 Å². The molecule has 5 nitrogen and oxygen atoms in total. The van der Waals surface area contributed by atoms with Crippen LogP contribution in [0.1, 0.15) is 11.3 Å². The van der Waals surface area contributed by atoms with E-state index in [0.717, 1.165) is 5.56 Å². The van der Waals surface area contributed by atoms with E-state index < -0.39 is 0 Å². The van der Waals surface area contributed by atoms with Gasteiger partial charge >= 0.3 is 0 Å². The SMILES string of the molecule is COc1ccc(C)cc1-c1nc(C#N)c(N)o1. The summed E-state index contributed by atoms with van der Waals surface area (Å²) < 4.78 is 10.5. The van der Waals surface area contributed by atoms with Gasteiger partial charge in [-0.3, -0.25) is 0 Å². The maximum Gasteiger partial charge on any atom is 0.233 e. The number of oxazole rings is 1. The molecule has 2 N–H and O–H groups in total. The Balaban J connectivity index is 2.59. The average Bonchev–Trinajstić information content (AvgIpc) is 2.70. The fourth-order valence-electron chi connectivity index (χ4n) is 1.52. The highest BCUT2D eigenvalue weighted by Crippen LogP contribution is 2.32. The molecule has 1 heterocycles. The molecule has 0 atom stereocenters. The quantitative estimate of drug-likeness (QED) is 0.852. The maximum absolute atomic E-state index is 8.78. The summed E-state index contributed by atoms with van der Waals surface area (Å²) in [6.07, 6.45) is 0. The van der Waals surface area contributed by atoms with E-state index in [1.165, 1.54) is 0 Å². The van der Waals surface area contributed by atoms with Gasteiger partial charge < -0.3 is 14.9 Å². The average molecular weight is 229 g/mol. The van der Waals surface area contributed by atoms with Gasteiger partial charge in [0.25, 0.3) is 0 Å². The number of nitrogen functional groups attached to an aromatic ring is 1. The monoisotopic (exact) mass is 229 g/mol. The summed E-state index contributed by atoms with van der Waals surface area (Å²) in [4.78, 5) is 4.02. The first-order chi connectivity index (χ1) is 8.15. The molecule has 0 bridgehead atoms. The number of hydrogen-bond acceptors (Lipinski definition) is 5. The number of ether oxygens (including phenoxy) is 1. The number of benzene rings is 1. The Morgan fingerprint density at radius 3 is 2.82 bits per heavy atom. The Kier molecular flexibility index (Phi) is 2.71. The van der Waals surface area contributed by atoms with Crippen LogP contribution in [0.2, 0.25) is 0 Å². The lowest BCUT2D eigenvalue weighted by Crippen LogP contribution is -1.89. The molecular formula is C12H11N3O2. The smallest absolute Gasteiger partial charge is 0.233 e. The van der Waals surface area contributed by atoms with Gasteiger partial charge in [0.1, 0.15) is 11.8 Å². The van der Waals surface area contributed by atoms with Gasteiger partial charge in [-0.25, -0.2) is 0 Å². The summed E-state index contributed by atoms with van der Waals surface area (Å²) in [7, 11) is 1.56. The van der Waals surface area contributed by atoms with Crippen molar-refractivity contribution >= 4 is 5.88 Å². The summed E-state index contributed by atoms with van der Waals surface area (Å²) in [5.74, 6) is 0.937. The molecule has 5 heteroatoms. The topological polar surface area (TPSA) is 85.1 Å². The highest BCUT2D eigenvalue weighted by Gasteiger charge is 2.15. The van der Waals surface area contributed by atoms with Gasteiger partial charge in [-0.15, -0.1) is 0 Å². The summed E-state index contributed by atoms with van der Waals surface area (Å²) in [6.45, 7) is 1.94. The molecule has 0 amide bonds. The zero-order chi connectivity index (χ0) is 12.4. The minimum atomic E-state index is 0.0195. The van der Waals surface area contributed by atoms with E-state index in [2.05, 4.69) is 4.98 Å². The lowest BCUT2D eigenvalue weighted by molar-refractivity contribution is 0.414. The first kappa shape index (κ1) is 11.0. The zero-order valence-electron chi connectivity index (χ0n) is 9.52. The van der Waals surface area contributed by atoms with Gasteiger partial charge in [-0.1, -0.05) is 11.6 Å². The molecular weight excluding hydrogens is 218 g/mol. The van der Waals surface area contributed by atoms with Crippen molar-refractivity contribution in [2.75, 3.05) is 12.8 Å². The molecule has 2 aromatic rings. The van der Waals surface area contributed by atoms with Crippen molar-refractivity contribution in [3.8, 4) is 23.3 Å². The van der Waals surface area contributed by atoms with Crippen LogP contribution in [-0.4, -0.2) is 12.1 Å². The van der Waals surface area contributed by atoms with E-state index in [1.54, 1.807) is 7.11 Å². The van der Waals surface area contributed by atoms with Gasteiger partial charge in [0.15, 0.2) is 0 Å². The molecule has 0 aliphatic heterocycles. The van der Waals surface area contributed by atoms with E-state index in [4.69, 9.17) is 20.1 Å². The van der Waals surface area contributed by atoms with Crippen LogP contribution >= 0.6 is 0 Å². The lowest BCUT2D eigenvalue weighted by Gasteiger charge is -2.05. The zero-order valence-corrected chi connectivity index (χ0v) is 9.52. The molecule has 1 aromatic carbocycles. The lowest BCUT2D eigenvalue weighted by atomic mass is 10.1. The van der Waals surface area contributed by atoms with Crippen LogP contribution in [0.15, 0.2) is 22.6 Å². The number of nitriles is 1. The van der Waals surface area contributed by atoms with Crippen molar-refractivity contribution in [3.05, 3.63) is 29.5 Å². The van der Waals surface area contributed by atoms with E-state index >= 15 is 0 Å². The summed E-state index contributed by atoms with van der Waals surface area (Å²) in [6, 6.07) is 7.47. The molecule has 0 saturated carbocycles. The molecule has 0 aliphatic carbocycles. The third kappa shape index (κ3) is 1.93. The van der Waals surface area contributed by atoms with Gasteiger partial charge in [-0.05, 0) is 19.1 Å². The van der Waals surface area contributed by atoms with Crippen LogP contribution < -0.4 is 10.5 Å². The normalized spacial score (nSPS) is 9.94. The Bertz CT molecular complexity index is 596. The van der Waals surface area contributed by atoms with Gasteiger partial charge in [-0.2, -0.15) is 10.2 Å². The number of nitrogens with zero attached hydrogens (tertiary/aromatic N) is 2. The van der Waals surface area contributed by atoms with Crippen LogP contribution in [-0.2, 0) is 0 Å². The van der Waals surface area contributed by atoms with Crippen molar-refractivity contribution < 1.29 is 9.15 Å². The second kappa shape index (κ2) is 4.18. The highest BCUT2D eigenvalue weighted by molar-refractivity contribution is 5.66. The molecule has 1 aromatic heterocycles. The van der Waals surface area contributed by atoms with E-state index in [1.807, 2.05) is 31.2 Å². The summed E-state index contributed by atoms with van der Waals surface area (Å²) in [5, 5.41) is 8.78. The molecule has 0 spiro atoms.